The van der Waals surface area contributed by atoms with Crippen LogP contribution in [0.2, 0.25) is 5.02 Å². The first-order chi connectivity index (χ1) is 16.7. The first-order valence-electron chi connectivity index (χ1n) is 11.4. The standard InChI is InChI=1S/C27H31ClN2O3S2/c1-20-8-14-25(15-9-20)35(32,33)30(26-7-4-6-21(2)22(26)3)18-27(31)29-16-5-17-34-19-23-10-12-24(28)13-11-23/h4,6-15H,5,16-19H2,1-3H3,(H,29,31). The lowest BCUT2D eigenvalue weighted by Crippen LogP contribution is -2.41. The Morgan fingerprint density at radius 1 is 0.971 bits per heavy atom. The van der Waals surface area contributed by atoms with Gasteiger partial charge in [0, 0.05) is 17.3 Å². The molecule has 3 rings (SSSR count). The molecule has 0 aromatic heterocycles. The predicted molar refractivity (Wildman–Crippen MR) is 147 cm³/mol. The highest BCUT2D eigenvalue weighted by atomic mass is 35.5. The molecule has 1 amide bonds. The Labute approximate surface area is 217 Å². The van der Waals surface area contributed by atoms with Crippen molar-refractivity contribution >= 4 is 45.0 Å². The maximum atomic E-state index is 13.5. The summed E-state index contributed by atoms with van der Waals surface area (Å²) in [5.41, 5.74) is 4.47. The maximum absolute atomic E-state index is 13.5. The van der Waals surface area contributed by atoms with Crippen LogP contribution >= 0.6 is 23.4 Å². The molecule has 35 heavy (non-hydrogen) atoms. The minimum atomic E-state index is -3.92. The number of aryl methyl sites for hydroxylation is 2. The number of benzene rings is 3. The summed E-state index contributed by atoms with van der Waals surface area (Å²) in [5, 5.41) is 3.60. The molecular weight excluding hydrogens is 500 g/mol. The highest BCUT2D eigenvalue weighted by Gasteiger charge is 2.28. The van der Waals surface area contributed by atoms with Gasteiger partial charge >= 0.3 is 0 Å². The first kappa shape index (κ1) is 27.1. The molecule has 0 fully saturated rings. The number of halogens is 1. The topological polar surface area (TPSA) is 66.5 Å². The van der Waals surface area contributed by atoms with E-state index in [9.17, 15) is 13.2 Å². The van der Waals surface area contributed by atoms with Crippen molar-refractivity contribution in [3.63, 3.8) is 0 Å². The van der Waals surface area contributed by atoms with E-state index in [4.69, 9.17) is 11.6 Å². The molecule has 0 aliphatic heterocycles. The molecule has 186 valence electrons. The fourth-order valence-electron chi connectivity index (χ4n) is 3.50. The molecule has 8 heteroatoms. The van der Waals surface area contributed by atoms with Crippen LogP contribution in [-0.2, 0) is 20.6 Å². The maximum Gasteiger partial charge on any atom is 0.264 e. The highest BCUT2D eigenvalue weighted by molar-refractivity contribution is 7.98. The van der Waals surface area contributed by atoms with Crippen LogP contribution in [0.25, 0.3) is 0 Å². The number of carbonyl (C=O) groups excluding carboxylic acids is 1. The van der Waals surface area contributed by atoms with E-state index in [-0.39, 0.29) is 17.3 Å². The molecule has 0 unspecified atom stereocenters. The summed E-state index contributed by atoms with van der Waals surface area (Å²) in [4.78, 5) is 13.0. The highest BCUT2D eigenvalue weighted by Crippen LogP contribution is 2.28. The van der Waals surface area contributed by atoms with Crippen LogP contribution in [0.15, 0.2) is 71.6 Å². The number of carbonyl (C=O) groups is 1. The van der Waals surface area contributed by atoms with Crippen molar-refractivity contribution in [2.24, 2.45) is 0 Å². The van der Waals surface area contributed by atoms with Crippen molar-refractivity contribution in [3.05, 3.63) is 94.0 Å². The lowest BCUT2D eigenvalue weighted by atomic mass is 10.1. The van der Waals surface area contributed by atoms with E-state index < -0.39 is 10.0 Å². The Balaban J connectivity index is 1.63. The Bertz CT molecular complexity index is 1240. The SMILES string of the molecule is Cc1ccc(S(=O)(=O)N(CC(=O)NCCCSCc2ccc(Cl)cc2)c2cccc(C)c2C)cc1. The molecule has 0 aliphatic rings. The van der Waals surface area contributed by atoms with Crippen molar-refractivity contribution in [1.82, 2.24) is 5.32 Å². The molecule has 5 nitrogen and oxygen atoms in total. The normalized spacial score (nSPS) is 11.3. The third-order valence-electron chi connectivity index (χ3n) is 5.71. The van der Waals surface area contributed by atoms with Crippen LogP contribution in [0.5, 0.6) is 0 Å². The van der Waals surface area contributed by atoms with Crippen LogP contribution in [-0.4, -0.2) is 33.2 Å². The third-order valence-corrected chi connectivity index (χ3v) is 8.85. The van der Waals surface area contributed by atoms with Gasteiger partial charge in [-0.15, -0.1) is 0 Å². The molecule has 0 bridgehead atoms. The average Bonchev–Trinajstić information content (AvgIpc) is 2.83. The van der Waals surface area contributed by atoms with Crippen LogP contribution in [0.4, 0.5) is 5.69 Å². The van der Waals surface area contributed by atoms with Crippen molar-refractivity contribution in [2.45, 2.75) is 37.8 Å². The van der Waals surface area contributed by atoms with E-state index in [0.717, 1.165) is 39.6 Å². The molecule has 3 aromatic carbocycles. The van der Waals surface area contributed by atoms with Crippen molar-refractivity contribution in [3.8, 4) is 0 Å². The summed E-state index contributed by atoms with van der Waals surface area (Å²) in [5.74, 6) is 1.43. The second-order valence-electron chi connectivity index (χ2n) is 8.43. The summed E-state index contributed by atoms with van der Waals surface area (Å²) < 4.78 is 28.3. The lowest BCUT2D eigenvalue weighted by molar-refractivity contribution is -0.119. The summed E-state index contributed by atoms with van der Waals surface area (Å²) in [6.45, 7) is 5.91. The van der Waals surface area contributed by atoms with Gasteiger partial charge in [0.05, 0.1) is 10.6 Å². The number of anilines is 1. The second kappa shape index (κ2) is 12.5. The number of nitrogens with zero attached hydrogens (tertiary/aromatic N) is 1. The predicted octanol–water partition coefficient (Wildman–Crippen LogP) is 5.90. The zero-order valence-electron chi connectivity index (χ0n) is 20.3. The third kappa shape index (κ3) is 7.50. The van der Waals surface area contributed by atoms with Crippen molar-refractivity contribution in [2.75, 3.05) is 23.1 Å². The monoisotopic (exact) mass is 530 g/mol. The largest absolute Gasteiger partial charge is 0.354 e. The number of hydrogen-bond donors (Lipinski definition) is 1. The minimum Gasteiger partial charge on any atom is -0.354 e. The number of sulfonamides is 1. The quantitative estimate of drug-likeness (QED) is 0.313. The van der Waals surface area contributed by atoms with E-state index in [2.05, 4.69) is 5.32 Å². The van der Waals surface area contributed by atoms with E-state index >= 15 is 0 Å². The Kier molecular flexibility index (Phi) is 9.66. The zero-order valence-corrected chi connectivity index (χ0v) is 22.6. The van der Waals surface area contributed by atoms with Gasteiger partial charge in [0.25, 0.3) is 10.0 Å². The Morgan fingerprint density at radius 3 is 2.34 bits per heavy atom. The zero-order chi connectivity index (χ0) is 25.4. The van der Waals surface area contributed by atoms with Gasteiger partial charge in [-0.2, -0.15) is 11.8 Å². The van der Waals surface area contributed by atoms with Crippen molar-refractivity contribution < 1.29 is 13.2 Å². The Hall–Kier alpha value is -2.48. The summed E-state index contributed by atoms with van der Waals surface area (Å²) in [7, 11) is -3.92. The average molecular weight is 531 g/mol. The fraction of sp³-hybridized carbons (Fsp3) is 0.296. The molecule has 1 N–H and O–H groups in total. The van der Waals surface area contributed by atoms with E-state index in [1.807, 2.05) is 57.2 Å². The van der Waals surface area contributed by atoms with Gasteiger partial charge in [-0.25, -0.2) is 8.42 Å². The smallest absolute Gasteiger partial charge is 0.264 e. The molecular formula is C27H31ClN2O3S2. The number of thioether (sulfide) groups is 1. The van der Waals surface area contributed by atoms with Crippen molar-refractivity contribution in [1.29, 1.82) is 0 Å². The van der Waals surface area contributed by atoms with Crippen LogP contribution in [0, 0.1) is 20.8 Å². The molecule has 3 aromatic rings. The molecule has 0 spiro atoms. The minimum absolute atomic E-state index is 0.162. The number of hydrogen-bond acceptors (Lipinski definition) is 4. The Morgan fingerprint density at radius 2 is 1.66 bits per heavy atom. The fourth-order valence-corrected chi connectivity index (χ4v) is 6.03. The molecule has 0 radical (unpaired) electrons. The molecule has 0 aliphatic carbocycles. The van der Waals surface area contributed by atoms with Gasteiger partial charge in [0.15, 0.2) is 0 Å². The molecule has 0 heterocycles. The van der Waals surface area contributed by atoms with Gasteiger partial charge in [-0.1, -0.05) is 53.6 Å². The molecule has 0 atom stereocenters. The molecule has 0 saturated carbocycles. The summed E-state index contributed by atoms with van der Waals surface area (Å²) in [6, 6.07) is 19.9. The van der Waals surface area contributed by atoms with Gasteiger partial charge in [-0.05, 0) is 80.0 Å². The van der Waals surface area contributed by atoms with E-state index in [1.165, 1.54) is 9.87 Å². The number of rotatable bonds is 11. The van der Waals surface area contributed by atoms with Gasteiger partial charge in [-0.3, -0.25) is 9.10 Å². The summed E-state index contributed by atoms with van der Waals surface area (Å²) >= 11 is 7.70. The van der Waals surface area contributed by atoms with E-state index in [0.29, 0.717) is 12.2 Å². The van der Waals surface area contributed by atoms with E-state index in [1.54, 1.807) is 42.1 Å². The van der Waals surface area contributed by atoms with Gasteiger partial charge in [0.1, 0.15) is 6.54 Å². The van der Waals surface area contributed by atoms with Crippen LogP contribution in [0.3, 0.4) is 0 Å². The number of nitrogens with one attached hydrogen (secondary N) is 1. The van der Waals surface area contributed by atoms with Crippen LogP contribution < -0.4 is 9.62 Å². The lowest BCUT2D eigenvalue weighted by Gasteiger charge is -2.26. The molecule has 0 saturated heterocycles. The number of amides is 1. The first-order valence-corrected chi connectivity index (χ1v) is 14.4. The van der Waals surface area contributed by atoms with Gasteiger partial charge in [0.2, 0.25) is 5.91 Å². The van der Waals surface area contributed by atoms with Crippen LogP contribution in [0.1, 0.15) is 28.7 Å². The van der Waals surface area contributed by atoms with Gasteiger partial charge < -0.3 is 5.32 Å². The summed E-state index contributed by atoms with van der Waals surface area (Å²) in [6.07, 6.45) is 0.790. The second-order valence-corrected chi connectivity index (χ2v) is 11.8.